The van der Waals surface area contributed by atoms with Crippen LogP contribution in [0.2, 0.25) is 0 Å². The Morgan fingerprint density at radius 3 is 1.62 bits per heavy atom. The van der Waals surface area contributed by atoms with Crippen molar-refractivity contribution in [2.24, 2.45) is 5.41 Å². The number of Topliss-reactive ketones (excluding diaryl/α,β-unsaturated/α-hetero) is 2. The van der Waals surface area contributed by atoms with Crippen LogP contribution in [-0.4, -0.2) is 11.6 Å². The summed E-state index contributed by atoms with van der Waals surface area (Å²) < 4.78 is 6.26. The Bertz CT molecular complexity index is 1710. The zero-order chi connectivity index (χ0) is 29.3. The topological polar surface area (TPSA) is 46.6 Å². The lowest BCUT2D eigenvalue weighted by atomic mass is 9.89. The molecule has 0 N–H and O–H groups in total. The maximum atomic E-state index is 13.2. The van der Waals surface area contributed by atoms with Gasteiger partial charge in [0.2, 0.25) is 0 Å². The van der Waals surface area contributed by atoms with Crippen molar-refractivity contribution in [3.05, 3.63) is 167 Å². The van der Waals surface area contributed by atoms with Gasteiger partial charge in [-0.05, 0) is 65.8 Å². The summed E-state index contributed by atoms with van der Waals surface area (Å²) in [6, 6.07) is 35.9. The molecule has 1 aliphatic carbocycles. The number of allylic oxidation sites excluding steroid dienone is 6. The van der Waals surface area contributed by atoms with Gasteiger partial charge in [-0.3, -0.25) is 9.59 Å². The first-order valence-electron chi connectivity index (χ1n) is 14.0. The fraction of sp³-hybridized carbons (Fsp3) is 0.105. The number of hydrogen-bond acceptors (Lipinski definition) is 4. The fourth-order valence-corrected chi connectivity index (χ4v) is 5.15. The lowest BCUT2D eigenvalue weighted by molar-refractivity contribution is 0.0987. The second-order valence-corrected chi connectivity index (χ2v) is 11.4. The molecule has 42 heavy (non-hydrogen) atoms. The van der Waals surface area contributed by atoms with E-state index >= 15 is 0 Å². The largest absolute Gasteiger partial charge is 0.461 e. The van der Waals surface area contributed by atoms with Crippen molar-refractivity contribution < 1.29 is 14.3 Å². The monoisotopic (exact) mass is 549 g/mol. The summed E-state index contributed by atoms with van der Waals surface area (Å²) in [6.45, 7) is 6.14. The standard InChI is InChI=1S/C38H31NO3/c1-38(2,3)34-25-27(35-36(40)32-16-10-11-17-33(32)37(35)41)24-31(42-34)23-20-26-18-21-30(22-19-26)39(28-12-6-4-7-13-28)29-14-8-5-9-15-29/h4-25H,1-3H3/b23-20+. The van der Waals surface area contributed by atoms with E-state index in [1.165, 1.54) is 0 Å². The second kappa shape index (κ2) is 11.0. The first kappa shape index (κ1) is 27.0. The lowest BCUT2D eigenvalue weighted by Crippen LogP contribution is -2.16. The molecule has 2 aliphatic rings. The third-order valence-corrected chi connectivity index (χ3v) is 7.33. The van der Waals surface area contributed by atoms with Gasteiger partial charge in [-0.1, -0.05) is 99.6 Å². The number of benzene rings is 4. The van der Waals surface area contributed by atoms with E-state index in [0.29, 0.717) is 28.2 Å². The highest BCUT2D eigenvalue weighted by Crippen LogP contribution is 2.38. The molecule has 0 bridgehead atoms. The maximum Gasteiger partial charge on any atom is 0.198 e. The van der Waals surface area contributed by atoms with Crippen molar-refractivity contribution in [1.82, 2.24) is 0 Å². The van der Waals surface area contributed by atoms with Gasteiger partial charge >= 0.3 is 0 Å². The third kappa shape index (κ3) is 5.27. The van der Waals surface area contributed by atoms with Crippen molar-refractivity contribution >= 4 is 34.7 Å². The molecule has 6 rings (SSSR count). The Morgan fingerprint density at radius 1 is 0.595 bits per heavy atom. The van der Waals surface area contributed by atoms with Gasteiger partial charge in [0.15, 0.2) is 11.6 Å². The second-order valence-electron chi connectivity index (χ2n) is 11.4. The van der Waals surface area contributed by atoms with E-state index in [2.05, 4.69) is 53.4 Å². The Balaban J connectivity index is 1.32. The molecule has 4 aromatic carbocycles. The molecule has 4 heteroatoms. The molecule has 0 amide bonds. The molecular formula is C38H31NO3. The average molecular weight is 550 g/mol. The Morgan fingerprint density at radius 2 is 1.10 bits per heavy atom. The van der Waals surface area contributed by atoms with Gasteiger partial charge in [-0.25, -0.2) is 0 Å². The predicted molar refractivity (Wildman–Crippen MR) is 169 cm³/mol. The number of para-hydroxylation sites is 2. The zero-order valence-electron chi connectivity index (χ0n) is 23.9. The number of anilines is 3. The molecule has 0 saturated carbocycles. The van der Waals surface area contributed by atoms with E-state index in [0.717, 1.165) is 22.6 Å². The summed E-state index contributed by atoms with van der Waals surface area (Å²) in [4.78, 5) is 28.7. The third-order valence-electron chi connectivity index (χ3n) is 7.33. The first-order chi connectivity index (χ1) is 20.3. The van der Waals surface area contributed by atoms with Gasteiger partial charge in [0.1, 0.15) is 11.5 Å². The molecule has 0 spiro atoms. The number of nitrogens with zero attached hydrogens (tertiary/aromatic N) is 1. The summed E-state index contributed by atoms with van der Waals surface area (Å²) in [7, 11) is 0. The quantitative estimate of drug-likeness (QED) is 0.184. The maximum absolute atomic E-state index is 13.2. The van der Waals surface area contributed by atoms with Crippen LogP contribution in [0, 0.1) is 5.41 Å². The zero-order valence-corrected chi connectivity index (χ0v) is 23.9. The summed E-state index contributed by atoms with van der Waals surface area (Å²) >= 11 is 0. The summed E-state index contributed by atoms with van der Waals surface area (Å²) in [5.74, 6) is 0.781. The molecule has 0 radical (unpaired) electrons. The van der Waals surface area contributed by atoms with Crippen molar-refractivity contribution in [2.45, 2.75) is 20.8 Å². The molecule has 1 heterocycles. The number of ketones is 2. The normalized spacial score (nSPS) is 14.9. The minimum absolute atomic E-state index is 0.193. The van der Waals surface area contributed by atoms with Crippen LogP contribution in [-0.2, 0) is 4.74 Å². The number of carbonyl (C=O) groups excluding carboxylic acids is 2. The predicted octanol–water partition coefficient (Wildman–Crippen LogP) is 9.39. The molecule has 4 aromatic rings. The van der Waals surface area contributed by atoms with Crippen LogP contribution in [0.1, 0.15) is 47.1 Å². The van der Waals surface area contributed by atoms with Crippen molar-refractivity contribution in [3.8, 4) is 0 Å². The van der Waals surface area contributed by atoms with E-state index in [1.807, 2.05) is 75.4 Å². The number of fused-ring (bicyclic) bond motifs is 1. The van der Waals surface area contributed by atoms with E-state index in [9.17, 15) is 9.59 Å². The van der Waals surface area contributed by atoms with Gasteiger partial charge in [0.25, 0.3) is 0 Å². The Hall–Kier alpha value is -5.22. The Kier molecular flexibility index (Phi) is 7.05. The lowest BCUT2D eigenvalue weighted by Gasteiger charge is -2.27. The molecule has 0 aromatic heterocycles. The summed E-state index contributed by atoms with van der Waals surface area (Å²) in [6.07, 6.45) is 7.47. The highest BCUT2D eigenvalue weighted by molar-refractivity contribution is 6.40. The van der Waals surface area contributed by atoms with E-state index in [4.69, 9.17) is 4.74 Å². The molecule has 1 aliphatic heterocycles. The molecule has 4 nitrogen and oxygen atoms in total. The van der Waals surface area contributed by atoms with Crippen molar-refractivity contribution in [2.75, 3.05) is 4.90 Å². The summed E-state index contributed by atoms with van der Waals surface area (Å²) in [5, 5.41) is 0. The van der Waals surface area contributed by atoms with E-state index in [-0.39, 0.29) is 22.6 Å². The van der Waals surface area contributed by atoms with Crippen LogP contribution >= 0.6 is 0 Å². The van der Waals surface area contributed by atoms with Gasteiger partial charge in [-0.2, -0.15) is 0 Å². The molecule has 0 fully saturated rings. The van der Waals surface area contributed by atoms with Crippen LogP contribution in [0.4, 0.5) is 17.1 Å². The fourth-order valence-electron chi connectivity index (χ4n) is 5.15. The summed E-state index contributed by atoms with van der Waals surface area (Å²) in [5.41, 5.74) is 5.54. The number of ether oxygens (including phenoxy) is 1. The first-order valence-corrected chi connectivity index (χ1v) is 14.0. The number of hydrogen-bond donors (Lipinski definition) is 0. The number of carbonyl (C=O) groups is 2. The van der Waals surface area contributed by atoms with Gasteiger partial charge in [0, 0.05) is 33.6 Å². The van der Waals surface area contributed by atoms with Gasteiger partial charge < -0.3 is 9.64 Å². The molecule has 0 unspecified atom stereocenters. The van der Waals surface area contributed by atoms with Crippen LogP contribution < -0.4 is 4.90 Å². The van der Waals surface area contributed by atoms with Crippen LogP contribution in [0.5, 0.6) is 0 Å². The number of rotatable bonds is 5. The molecule has 0 atom stereocenters. The average Bonchev–Trinajstić information content (AvgIpc) is 3.27. The minimum Gasteiger partial charge on any atom is -0.461 e. The highest BCUT2D eigenvalue weighted by atomic mass is 16.5. The minimum atomic E-state index is -0.323. The van der Waals surface area contributed by atoms with Crippen LogP contribution in [0.15, 0.2) is 150 Å². The molecule has 0 saturated heterocycles. The molecule has 206 valence electrons. The SMILES string of the molecule is CC(C)(C)C1=CC(=C2C(=O)c3ccccc3C2=O)C=C(/C=C/c2ccc(N(c3ccccc3)c3ccccc3)cc2)O1. The van der Waals surface area contributed by atoms with Gasteiger partial charge in [0.05, 0.1) is 5.57 Å². The van der Waals surface area contributed by atoms with Crippen molar-refractivity contribution in [3.63, 3.8) is 0 Å². The van der Waals surface area contributed by atoms with Crippen LogP contribution in [0.3, 0.4) is 0 Å². The van der Waals surface area contributed by atoms with Gasteiger partial charge in [-0.15, -0.1) is 0 Å². The van der Waals surface area contributed by atoms with Crippen molar-refractivity contribution in [1.29, 1.82) is 0 Å². The Labute approximate surface area is 246 Å². The highest BCUT2D eigenvalue weighted by Gasteiger charge is 2.36. The van der Waals surface area contributed by atoms with Crippen LogP contribution in [0.25, 0.3) is 6.08 Å². The van der Waals surface area contributed by atoms with E-state index < -0.39 is 0 Å². The smallest absolute Gasteiger partial charge is 0.198 e. The van der Waals surface area contributed by atoms with E-state index in [1.54, 1.807) is 30.3 Å². The molecular weight excluding hydrogens is 518 g/mol.